The van der Waals surface area contributed by atoms with E-state index in [1.807, 2.05) is 4.90 Å². The summed E-state index contributed by atoms with van der Waals surface area (Å²) in [6, 6.07) is 8.72. The first-order valence-corrected chi connectivity index (χ1v) is 6.76. The number of likely N-dealkylation sites (tertiary alicyclic amines) is 1. The van der Waals surface area contributed by atoms with Gasteiger partial charge >= 0.3 is 0 Å². The van der Waals surface area contributed by atoms with Crippen LogP contribution < -0.4 is 5.32 Å². The van der Waals surface area contributed by atoms with Crippen molar-refractivity contribution in [3.05, 3.63) is 29.3 Å². The first kappa shape index (κ1) is 13.7. The lowest BCUT2D eigenvalue weighted by Crippen LogP contribution is -2.32. The first-order chi connectivity index (χ1) is 9.19. The fourth-order valence-electron chi connectivity index (χ4n) is 2.15. The molecule has 19 heavy (non-hydrogen) atoms. The molecule has 1 saturated heterocycles. The van der Waals surface area contributed by atoms with Gasteiger partial charge in [0.25, 0.3) is 0 Å². The number of hydrogen-bond acceptors (Lipinski definition) is 3. The van der Waals surface area contributed by atoms with Crippen molar-refractivity contribution in [1.29, 1.82) is 5.26 Å². The normalized spacial score (nSPS) is 15.9. The molecule has 2 rings (SSSR count). The average molecular weight is 278 g/mol. The predicted molar refractivity (Wildman–Crippen MR) is 74.9 cm³/mol. The number of benzene rings is 1. The Morgan fingerprint density at radius 3 is 2.58 bits per heavy atom. The van der Waals surface area contributed by atoms with Crippen LogP contribution in [0, 0.1) is 11.3 Å². The van der Waals surface area contributed by atoms with Crippen molar-refractivity contribution in [2.45, 2.75) is 25.3 Å². The summed E-state index contributed by atoms with van der Waals surface area (Å²) >= 11 is 5.80. The summed E-state index contributed by atoms with van der Waals surface area (Å²) in [5.74, 6) is 0.0468. The Bertz CT molecular complexity index is 474. The molecule has 0 saturated carbocycles. The monoisotopic (exact) mass is 277 g/mol. The van der Waals surface area contributed by atoms with Crippen LogP contribution in [0.4, 0.5) is 5.69 Å². The van der Waals surface area contributed by atoms with Crippen LogP contribution in [-0.2, 0) is 4.79 Å². The third-order valence-electron chi connectivity index (χ3n) is 3.18. The number of nitrogens with zero attached hydrogens (tertiary/aromatic N) is 2. The van der Waals surface area contributed by atoms with Crippen LogP contribution in [0.25, 0.3) is 0 Å². The van der Waals surface area contributed by atoms with Crippen LogP contribution in [0.5, 0.6) is 0 Å². The highest BCUT2D eigenvalue weighted by atomic mass is 35.5. The van der Waals surface area contributed by atoms with Gasteiger partial charge in [-0.05, 0) is 37.1 Å². The second kappa shape index (κ2) is 6.44. The molecule has 1 atom stereocenters. The Hall–Kier alpha value is -1.73. The first-order valence-electron chi connectivity index (χ1n) is 6.38. The van der Waals surface area contributed by atoms with Crippen molar-refractivity contribution in [1.82, 2.24) is 4.90 Å². The molecule has 1 aromatic carbocycles. The molecule has 1 unspecified atom stereocenters. The minimum atomic E-state index is -0.505. The summed E-state index contributed by atoms with van der Waals surface area (Å²) in [5, 5.41) is 12.8. The number of carbonyl (C=O) groups is 1. The van der Waals surface area contributed by atoms with Crippen LogP contribution in [0.3, 0.4) is 0 Å². The maximum Gasteiger partial charge on any atom is 0.225 e. The van der Waals surface area contributed by atoms with E-state index in [1.165, 1.54) is 0 Å². The molecule has 100 valence electrons. The third kappa shape index (κ3) is 3.87. The molecule has 1 fully saturated rings. The van der Waals surface area contributed by atoms with Gasteiger partial charge in [-0.25, -0.2) is 0 Å². The van der Waals surface area contributed by atoms with Crippen molar-refractivity contribution < 1.29 is 4.79 Å². The lowest BCUT2D eigenvalue weighted by atomic mass is 10.2. The molecule has 1 aliphatic heterocycles. The van der Waals surface area contributed by atoms with Crippen molar-refractivity contribution in [2.24, 2.45) is 0 Å². The van der Waals surface area contributed by atoms with E-state index in [0.717, 1.165) is 31.6 Å². The highest BCUT2D eigenvalue weighted by Gasteiger charge is 2.21. The summed E-state index contributed by atoms with van der Waals surface area (Å²) in [6.07, 6.45) is 2.33. The quantitative estimate of drug-likeness (QED) is 0.920. The number of hydrogen-bond donors (Lipinski definition) is 1. The largest absolute Gasteiger partial charge is 0.369 e. The maximum absolute atomic E-state index is 12.0. The zero-order chi connectivity index (χ0) is 13.7. The van der Waals surface area contributed by atoms with Gasteiger partial charge in [-0.15, -0.1) is 0 Å². The van der Waals surface area contributed by atoms with Gasteiger partial charge in [-0.3, -0.25) is 4.79 Å². The molecule has 1 aliphatic rings. The second-order valence-electron chi connectivity index (χ2n) is 4.62. The number of anilines is 1. The molecule has 4 nitrogen and oxygen atoms in total. The topological polar surface area (TPSA) is 56.1 Å². The number of nitriles is 1. The molecular weight excluding hydrogens is 262 g/mol. The molecule has 1 N–H and O–H groups in total. The van der Waals surface area contributed by atoms with Crippen molar-refractivity contribution in [3.8, 4) is 6.07 Å². The smallest absolute Gasteiger partial charge is 0.225 e. The van der Waals surface area contributed by atoms with E-state index in [0.29, 0.717) is 5.02 Å². The summed E-state index contributed by atoms with van der Waals surface area (Å²) < 4.78 is 0. The molecule has 0 radical (unpaired) electrons. The van der Waals surface area contributed by atoms with Gasteiger partial charge in [0.05, 0.1) is 12.5 Å². The van der Waals surface area contributed by atoms with Gasteiger partial charge in [0.15, 0.2) is 0 Å². The van der Waals surface area contributed by atoms with Crippen molar-refractivity contribution >= 4 is 23.2 Å². The molecule has 0 spiro atoms. The lowest BCUT2D eigenvalue weighted by Gasteiger charge is -2.18. The Morgan fingerprint density at radius 2 is 2.00 bits per heavy atom. The van der Waals surface area contributed by atoms with E-state index in [1.54, 1.807) is 24.3 Å². The van der Waals surface area contributed by atoms with E-state index in [4.69, 9.17) is 16.9 Å². The number of nitrogens with one attached hydrogen (secondary N) is 1. The zero-order valence-corrected chi connectivity index (χ0v) is 11.4. The standard InChI is InChI=1S/C14H16ClN3O/c15-11-3-5-12(6-4-11)17-13(10-16)9-14(19)18-7-1-2-8-18/h3-6,13,17H,1-2,7-9H2. The molecule has 1 amide bonds. The third-order valence-corrected chi connectivity index (χ3v) is 3.43. The summed E-state index contributed by atoms with van der Waals surface area (Å²) in [4.78, 5) is 13.8. The Kier molecular flexibility index (Phi) is 4.64. The van der Waals surface area contributed by atoms with Crippen LogP contribution in [0.15, 0.2) is 24.3 Å². The van der Waals surface area contributed by atoms with Gasteiger partial charge < -0.3 is 10.2 Å². The predicted octanol–water partition coefficient (Wildman–Crippen LogP) is 2.66. The highest BCUT2D eigenvalue weighted by molar-refractivity contribution is 6.30. The summed E-state index contributed by atoms with van der Waals surface area (Å²) in [7, 11) is 0. The fourth-order valence-corrected chi connectivity index (χ4v) is 2.27. The number of rotatable bonds is 4. The van der Waals surface area contributed by atoms with E-state index in [-0.39, 0.29) is 12.3 Å². The van der Waals surface area contributed by atoms with Gasteiger partial charge in [0.1, 0.15) is 6.04 Å². The maximum atomic E-state index is 12.0. The number of carbonyl (C=O) groups excluding carboxylic acids is 1. The molecule has 0 aliphatic carbocycles. The van der Waals surface area contributed by atoms with E-state index < -0.39 is 6.04 Å². The van der Waals surface area contributed by atoms with Crippen LogP contribution in [0.2, 0.25) is 5.02 Å². The molecule has 5 heteroatoms. The molecular formula is C14H16ClN3O. The SMILES string of the molecule is N#CC(CC(=O)N1CCCC1)Nc1ccc(Cl)cc1. The Balaban J connectivity index is 1.91. The van der Waals surface area contributed by atoms with E-state index in [9.17, 15) is 4.79 Å². The molecule has 0 aromatic heterocycles. The van der Waals surface area contributed by atoms with Crippen LogP contribution in [0.1, 0.15) is 19.3 Å². The molecule has 1 heterocycles. The zero-order valence-electron chi connectivity index (χ0n) is 10.6. The van der Waals surface area contributed by atoms with E-state index in [2.05, 4.69) is 11.4 Å². The fraction of sp³-hybridized carbons (Fsp3) is 0.429. The molecule has 1 aromatic rings. The van der Waals surface area contributed by atoms with Crippen molar-refractivity contribution in [3.63, 3.8) is 0 Å². The molecule has 0 bridgehead atoms. The highest BCUT2D eigenvalue weighted by Crippen LogP contribution is 2.16. The number of halogens is 1. The van der Waals surface area contributed by atoms with Gasteiger partial charge in [-0.2, -0.15) is 5.26 Å². The summed E-state index contributed by atoms with van der Waals surface area (Å²) in [5.41, 5.74) is 0.796. The van der Waals surface area contributed by atoms with Gasteiger partial charge in [0.2, 0.25) is 5.91 Å². The minimum Gasteiger partial charge on any atom is -0.369 e. The number of amides is 1. The Labute approximate surface area is 118 Å². The van der Waals surface area contributed by atoms with Crippen LogP contribution in [-0.4, -0.2) is 29.9 Å². The van der Waals surface area contributed by atoms with Gasteiger partial charge in [0, 0.05) is 23.8 Å². The average Bonchev–Trinajstić information content (AvgIpc) is 2.94. The van der Waals surface area contributed by atoms with E-state index >= 15 is 0 Å². The lowest BCUT2D eigenvalue weighted by molar-refractivity contribution is -0.130. The van der Waals surface area contributed by atoms with Crippen LogP contribution >= 0.6 is 11.6 Å². The second-order valence-corrected chi connectivity index (χ2v) is 5.06. The summed E-state index contributed by atoms with van der Waals surface area (Å²) in [6.45, 7) is 1.63. The minimum absolute atomic E-state index is 0.0468. The van der Waals surface area contributed by atoms with Gasteiger partial charge in [-0.1, -0.05) is 11.6 Å². The Morgan fingerprint density at radius 1 is 1.37 bits per heavy atom. The van der Waals surface area contributed by atoms with Crippen molar-refractivity contribution in [2.75, 3.05) is 18.4 Å².